The van der Waals surface area contributed by atoms with E-state index in [0.717, 1.165) is 40.7 Å². The number of carbonyl (C=O) groups excluding carboxylic acids is 1. The van der Waals surface area contributed by atoms with Crippen molar-refractivity contribution < 1.29 is 17.9 Å². The fraction of sp³-hybridized carbons (Fsp3) is 0.182. The summed E-state index contributed by atoms with van der Waals surface area (Å²) >= 11 is 4.88. The van der Waals surface area contributed by atoms with Crippen LogP contribution < -0.4 is 15.0 Å². The zero-order chi connectivity index (χ0) is 23.3. The molecule has 1 aromatic heterocycles. The summed E-state index contributed by atoms with van der Waals surface area (Å²) in [6, 6.07) is 16.4. The van der Waals surface area contributed by atoms with Gasteiger partial charge >= 0.3 is 0 Å². The first kappa shape index (κ1) is 23.4. The highest BCUT2D eigenvalue weighted by atomic mass is 79.9. The molecule has 1 aliphatic rings. The second-order valence-electron chi connectivity index (χ2n) is 7.11. The van der Waals surface area contributed by atoms with Gasteiger partial charge in [0.2, 0.25) is 0 Å². The third-order valence-corrected chi connectivity index (χ3v) is 7.82. The van der Waals surface area contributed by atoms with Gasteiger partial charge in [-0.15, -0.1) is 11.3 Å². The van der Waals surface area contributed by atoms with Gasteiger partial charge in [-0.05, 0) is 60.7 Å². The Kier molecular flexibility index (Phi) is 7.43. The highest BCUT2D eigenvalue weighted by Crippen LogP contribution is 2.25. The molecule has 0 radical (unpaired) electrons. The number of hydrazone groups is 1. The van der Waals surface area contributed by atoms with Crippen LogP contribution in [0.4, 0.5) is 10.7 Å². The minimum atomic E-state index is -3.72. The number of hydrogen-bond acceptors (Lipinski definition) is 7. The Labute approximate surface area is 204 Å². The summed E-state index contributed by atoms with van der Waals surface area (Å²) in [6.07, 6.45) is 1.60. The molecular weight excluding hydrogens is 528 g/mol. The normalized spacial score (nSPS) is 14.4. The minimum absolute atomic E-state index is 0.146. The first-order chi connectivity index (χ1) is 15.9. The number of nitrogens with zero attached hydrogens (tertiary/aromatic N) is 2. The van der Waals surface area contributed by atoms with Crippen molar-refractivity contribution in [3.63, 3.8) is 0 Å². The quantitative estimate of drug-likeness (QED) is 0.344. The molecule has 1 amide bonds. The van der Waals surface area contributed by atoms with E-state index in [1.54, 1.807) is 29.7 Å². The lowest BCUT2D eigenvalue weighted by molar-refractivity contribution is 0.0955. The van der Waals surface area contributed by atoms with E-state index in [-0.39, 0.29) is 4.90 Å². The van der Waals surface area contributed by atoms with E-state index in [2.05, 4.69) is 36.1 Å². The molecule has 0 bridgehead atoms. The van der Waals surface area contributed by atoms with Crippen LogP contribution in [0, 0.1) is 0 Å². The number of morpholine rings is 1. The molecule has 8 nitrogen and oxygen atoms in total. The largest absolute Gasteiger partial charge is 0.378 e. The van der Waals surface area contributed by atoms with Crippen molar-refractivity contribution in [2.24, 2.45) is 5.10 Å². The van der Waals surface area contributed by atoms with Gasteiger partial charge in [-0.25, -0.2) is 13.8 Å². The molecule has 33 heavy (non-hydrogen) atoms. The van der Waals surface area contributed by atoms with Gasteiger partial charge in [-0.2, -0.15) is 5.10 Å². The Morgan fingerprint density at radius 1 is 1.03 bits per heavy atom. The predicted molar refractivity (Wildman–Crippen MR) is 134 cm³/mol. The maximum absolute atomic E-state index is 12.5. The zero-order valence-electron chi connectivity index (χ0n) is 17.4. The summed E-state index contributed by atoms with van der Waals surface area (Å²) in [5.74, 6) is -0.390. The number of carbonyl (C=O) groups is 1. The summed E-state index contributed by atoms with van der Waals surface area (Å²) in [5, 5.41) is 5.18. The molecule has 2 aromatic carbocycles. The monoisotopic (exact) mass is 548 g/mol. The molecule has 172 valence electrons. The first-order valence-electron chi connectivity index (χ1n) is 10.1. The van der Waals surface area contributed by atoms with Crippen molar-refractivity contribution in [3.8, 4) is 0 Å². The number of sulfonamides is 1. The van der Waals surface area contributed by atoms with E-state index in [1.807, 2.05) is 12.1 Å². The standard InChI is InChI=1S/C22H21BrN4O4S2/c23-17-3-8-20(9-4-17)33(29,30)26-18-5-1-16(2-6-18)22(28)25-24-15-19-7-10-21(32-19)27-11-13-31-14-12-27/h1-10,15,26H,11-14H2,(H,25,28)/b24-15+. The van der Waals surface area contributed by atoms with Crippen LogP contribution >= 0.6 is 27.3 Å². The summed E-state index contributed by atoms with van der Waals surface area (Å²) in [6.45, 7) is 3.18. The molecule has 3 aromatic rings. The lowest BCUT2D eigenvalue weighted by atomic mass is 10.2. The van der Waals surface area contributed by atoms with Crippen LogP contribution in [-0.2, 0) is 14.8 Å². The number of ether oxygens (including phenoxy) is 1. The number of amides is 1. The Morgan fingerprint density at radius 3 is 2.42 bits per heavy atom. The van der Waals surface area contributed by atoms with Crippen molar-refractivity contribution >= 4 is 60.1 Å². The van der Waals surface area contributed by atoms with Crippen molar-refractivity contribution in [2.45, 2.75) is 4.90 Å². The van der Waals surface area contributed by atoms with Crippen molar-refractivity contribution in [1.82, 2.24) is 5.43 Å². The highest BCUT2D eigenvalue weighted by molar-refractivity contribution is 9.10. The van der Waals surface area contributed by atoms with Crippen LogP contribution in [0.2, 0.25) is 0 Å². The molecule has 1 aliphatic heterocycles. The number of benzene rings is 2. The van der Waals surface area contributed by atoms with E-state index in [4.69, 9.17) is 4.74 Å². The van der Waals surface area contributed by atoms with E-state index in [1.165, 1.54) is 36.4 Å². The average molecular weight is 549 g/mol. The summed E-state index contributed by atoms with van der Waals surface area (Å²) < 4.78 is 33.6. The van der Waals surface area contributed by atoms with Crippen molar-refractivity contribution in [2.75, 3.05) is 35.9 Å². The third kappa shape index (κ3) is 6.20. The number of halogens is 1. The second-order valence-corrected chi connectivity index (χ2v) is 10.8. The van der Waals surface area contributed by atoms with Gasteiger partial charge < -0.3 is 9.64 Å². The first-order valence-corrected chi connectivity index (χ1v) is 13.1. The van der Waals surface area contributed by atoms with Gasteiger partial charge in [-0.3, -0.25) is 9.52 Å². The van der Waals surface area contributed by atoms with E-state index >= 15 is 0 Å². The Balaban J connectivity index is 1.33. The van der Waals surface area contributed by atoms with E-state index < -0.39 is 15.9 Å². The molecule has 0 unspecified atom stereocenters. The van der Waals surface area contributed by atoms with Crippen LogP contribution in [-0.4, -0.2) is 46.8 Å². The topological polar surface area (TPSA) is 100 Å². The predicted octanol–water partition coefficient (Wildman–Crippen LogP) is 3.91. The molecule has 0 aliphatic carbocycles. The number of hydrogen-bond donors (Lipinski definition) is 2. The average Bonchev–Trinajstić information content (AvgIpc) is 3.29. The fourth-order valence-corrected chi connectivity index (χ4v) is 5.36. The summed E-state index contributed by atoms with van der Waals surface area (Å²) in [7, 11) is -3.72. The maximum Gasteiger partial charge on any atom is 0.271 e. The summed E-state index contributed by atoms with van der Waals surface area (Å²) in [5.41, 5.74) is 3.21. The molecular formula is C22H21BrN4O4S2. The number of thiophene rings is 1. The van der Waals surface area contributed by atoms with Crippen LogP contribution in [0.3, 0.4) is 0 Å². The number of rotatable bonds is 7. The van der Waals surface area contributed by atoms with Crippen molar-refractivity contribution in [3.05, 3.63) is 75.6 Å². The fourth-order valence-electron chi connectivity index (χ4n) is 3.10. The molecule has 0 saturated carbocycles. The Hall–Kier alpha value is -2.73. The Bertz CT molecular complexity index is 1240. The van der Waals surface area contributed by atoms with Crippen LogP contribution in [0.15, 0.2) is 75.1 Å². The van der Waals surface area contributed by atoms with Crippen LogP contribution in [0.25, 0.3) is 0 Å². The molecule has 2 N–H and O–H groups in total. The molecule has 2 heterocycles. The number of anilines is 2. The zero-order valence-corrected chi connectivity index (χ0v) is 20.6. The van der Waals surface area contributed by atoms with Gasteiger partial charge in [0.25, 0.3) is 15.9 Å². The van der Waals surface area contributed by atoms with Gasteiger partial charge in [0.15, 0.2) is 0 Å². The molecule has 4 rings (SSSR count). The molecule has 0 atom stereocenters. The smallest absolute Gasteiger partial charge is 0.271 e. The van der Waals surface area contributed by atoms with E-state index in [9.17, 15) is 13.2 Å². The summed E-state index contributed by atoms with van der Waals surface area (Å²) in [4.78, 5) is 15.7. The molecule has 0 spiro atoms. The van der Waals surface area contributed by atoms with E-state index in [0.29, 0.717) is 11.3 Å². The van der Waals surface area contributed by atoms with Gasteiger partial charge in [0.1, 0.15) is 0 Å². The lowest BCUT2D eigenvalue weighted by Gasteiger charge is -2.27. The van der Waals surface area contributed by atoms with Gasteiger partial charge in [0.05, 0.1) is 29.3 Å². The molecule has 1 fully saturated rings. The minimum Gasteiger partial charge on any atom is -0.378 e. The second kappa shape index (κ2) is 10.5. The maximum atomic E-state index is 12.5. The van der Waals surface area contributed by atoms with Crippen LogP contribution in [0.5, 0.6) is 0 Å². The molecule has 11 heteroatoms. The van der Waals surface area contributed by atoms with Gasteiger partial charge in [0, 0.05) is 33.7 Å². The lowest BCUT2D eigenvalue weighted by Crippen LogP contribution is -2.35. The highest BCUT2D eigenvalue weighted by Gasteiger charge is 2.15. The van der Waals surface area contributed by atoms with Crippen molar-refractivity contribution in [1.29, 1.82) is 0 Å². The molecule has 1 saturated heterocycles. The van der Waals surface area contributed by atoms with Gasteiger partial charge in [-0.1, -0.05) is 15.9 Å². The number of nitrogens with one attached hydrogen (secondary N) is 2. The third-order valence-electron chi connectivity index (χ3n) is 4.82. The van der Waals surface area contributed by atoms with Crippen LogP contribution in [0.1, 0.15) is 15.2 Å². The Morgan fingerprint density at radius 2 is 1.73 bits per heavy atom. The SMILES string of the molecule is O=C(N/N=C/c1ccc(N2CCOCC2)s1)c1ccc(NS(=O)(=O)c2ccc(Br)cc2)cc1.